The Morgan fingerprint density at radius 3 is 2.30 bits per heavy atom. The predicted octanol–water partition coefficient (Wildman–Crippen LogP) is 3.08. The van der Waals surface area contributed by atoms with Crippen LogP contribution in [0, 0.1) is 5.82 Å². The molecule has 9 heteroatoms. The van der Waals surface area contributed by atoms with Crippen molar-refractivity contribution >= 4 is 25.0 Å². The Kier molecular flexibility index (Phi) is 7.45. The third-order valence-electron chi connectivity index (χ3n) is 5.19. The van der Waals surface area contributed by atoms with E-state index in [0.717, 1.165) is 11.6 Å². The maximum absolute atomic E-state index is 14.7. The summed E-state index contributed by atoms with van der Waals surface area (Å²) in [5, 5.41) is 5.37. The van der Waals surface area contributed by atoms with Crippen molar-refractivity contribution in [1.29, 1.82) is 0 Å². The Labute approximate surface area is 191 Å². The lowest BCUT2D eigenvalue weighted by Gasteiger charge is -2.20. The fourth-order valence-electron chi connectivity index (χ4n) is 3.50. The van der Waals surface area contributed by atoms with Gasteiger partial charge in [-0.2, -0.15) is 5.16 Å². The third-order valence-corrected chi connectivity index (χ3v) is 7.21. The van der Waals surface area contributed by atoms with E-state index in [2.05, 4.69) is 25.0 Å². The molecule has 0 radical (unpaired) electrons. The van der Waals surface area contributed by atoms with E-state index in [0.29, 0.717) is 22.9 Å². The highest BCUT2D eigenvalue weighted by atomic mass is 28.3. The van der Waals surface area contributed by atoms with Crippen LogP contribution in [-0.2, 0) is 22.6 Å². The van der Waals surface area contributed by atoms with Gasteiger partial charge in [-0.3, -0.25) is 14.4 Å². The first kappa shape index (κ1) is 24.3. The number of nitrogens with one attached hydrogen (secondary N) is 2. The highest BCUT2D eigenvalue weighted by Crippen LogP contribution is 2.19. The van der Waals surface area contributed by atoms with Crippen LogP contribution in [0.4, 0.5) is 4.39 Å². The van der Waals surface area contributed by atoms with Crippen molar-refractivity contribution in [3.05, 3.63) is 87.2 Å². The van der Waals surface area contributed by atoms with Crippen LogP contribution < -0.4 is 16.1 Å². The third kappa shape index (κ3) is 6.14. The van der Waals surface area contributed by atoms with Gasteiger partial charge in [0, 0.05) is 13.5 Å². The molecule has 1 aromatic heterocycles. The molecule has 1 atom stereocenters. The highest BCUT2D eigenvalue weighted by Gasteiger charge is 2.26. The zero-order valence-electron chi connectivity index (χ0n) is 19.0. The summed E-state index contributed by atoms with van der Waals surface area (Å²) in [6, 6.07) is 11.9. The van der Waals surface area contributed by atoms with Crippen LogP contribution in [0.3, 0.4) is 0 Å². The van der Waals surface area contributed by atoms with Gasteiger partial charge in [0.1, 0.15) is 11.9 Å². The molecule has 0 aliphatic rings. The summed E-state index contributed by atoms with van der Waals surface area (Å²) in [4.78, 5) is 37.1. The monoisotopic (exact) mass is 470 g/mol. The summed E-state index contributed by atoms with van der Waals surface area (Å²) in [5.41, 5.74) is 1.40. The summed E-state index contributed by atoms with van der Waals surface area (Å²) in [5.74, 6) is -1.61. The largest absolute Gasteiger partial charge is 0.380 e. The van der Waals surface area contributed by atoms with E-state index >= 15 is 0 Å². The van der Waals surface area contributed by atoms with Gasteiger partial charge in [0.25, 0.3) is 11.5 Å². The van der Waals surface area contributed by atoms with Gasteiger partial charge in [-0.25, -0.2) is 4.39 Å². The second kappa shape index (κ2) is 10.1. The first-order chi connectivity index (χ1) is 15.6. The van der Waals surface area contributed by atoms with Crippen LogP contribution in [0.15, 0.2) is 57.8 Å². The van der Waals surface area contributed by atoms with E-state index in [-0.39, 0.29) is 23.8 Å². The molecule has 174 valence electrons. The number of ether oxygens (including phenoxy) is 1. The standard InChI is InChI=1S/C24H27FN2O5Si/c1-31-14-15-5-8-17(9-6-15)23(26-24(30)20-13-22(29)27-32-20)19(28)12-16-7-10-21(18(25)11-16)33(2,3)4/h5-11,13,23H,12,14H2,1-4H3,(H,26,30)(H,27,29)/t23-/m1/s1. The summed E-state index contributed by atoms with van der Waals surface area (Å²) in [7, 11) is -0.270. The van der Waals surface area contributed by atoms with Crippen LogP contribution in [-0.4, -0.2) is 32.0 Å². The number of hydrogen-bond acceptors (Lipinski definition) is 5. The van der Waals surface area contributed by atoms with Gasteiger partial charge < -0.3 is 14.6 Å². The van der Waals surface area contributed by atoms with Crippen molar-refractivity contribution in [2.24, 2.45) is 0 Å². The van der Waals surface area contributed by atoms with Crippen molar-refractivity contribution < 1.29 is 23.2 Å². The molecule has 0 fully saturated rings. The second-order valence-electron chi connectivity index (χ2n) is 8.87. The topological polar surface area (TPSA) is 101 Å². The molecule has 0 bridgehead atoms. The lowest BCUT2D eigenvalue weighted by atomic mass is 9.96. The molecule has 1 amide bonds. The number of benzene rings is 2. The normalized spacial score (nSPS) is 12.4. The fraction of sp³-hybridized carbons (Fsp3) is 0.292. The van der Waals surface area contributed by atoms with Gasteiger partial charge >= 0.3 is 0 Å². The number of carbonyl (C=O) groups excluding carboxylic acids is 2. The highest BCUT2D eigenvalue weighted by molar-refractivity contribution is 6.88. The van der Waals surface area contributed by atoms with E-state index in [9.17, 15) is 18.8 Å². The lowest BCUT2D eigenvalue weighted by Crippen LogP contribution is -2.40. The minimum absolute atomic E-state index is 0.0786. The van der Waals surface area contributed by atoms with Gasteiger partial charge in [0.05, 0.1) is 20.7 Å². The maximum Gasteiger partial charge on any atom is 0.290 e. The molecule has 0 unspecified atom stereocenters. The molecular weight excluding hydrogens is 443 g/mol. The number of aromatic amines is 1. The fourth-order valence-corrected chi connectivity index (χ4v) is 4.87. The van der Waals surface area contributed by atoms with Crippen molar-refractivity contribution in [2.45, 2.75) is 38.7 Å². The summed E-state index contributed by atoms with van der Waals surface area (Å²) < 4.78 is 24.6. The smallest absolute Gasteiger partial charge is 0.290 e. The van der Waals surface area contributed by atoms with Crippen LogP contribution in [0.25, 0.3) is 0 Å². The Morgan fingerprint density at radius 1 is 1.09 bits per heavy atom. The molecule has 3 rings (SSSR count). The summed E-state index contributed by atoms with van der Waals surface area (Å²) in [6.07, 6.45) is -0.0786. The number of halogens is 1. The Balaban J connectivity index is 1.87. The Hall–Kier alpha value is -3.30. The Bertz CT molecular complexity index is 1190. The minimum atomic E-state index is -1.85. The van der Waals surface area contributed by atoms with Gasteiger partial charge in [-0.15, -0.1) is 0 Å². The van der Waals surface area contributed by atoms with E-state index in [1.807, 2.05) is 5.16 Å². The SMILES string of the molecule is COCc1ccc([C@@H](NC(=O)c2cc(=O)[nH]o2)C(=O)Cc2ccc([Si](C)(C)C)c(F)c2)cc1. The molecule has 1 heterocycles. The molecular formula is C24H27FN2O5Si. The number of carbonyl (C=O) groups is 2. The van der Waals surface area contributed by atoms with E-state index in [1.54, 1.807) is 43.5 Å². The van der Waals surface area contributed by atoms with E-state index in [1.165, 1.54) is 6.07 Å². The molecule has 3 aromatic rings. The van der Waals surface area contributed by atoms with E-state index in [4.69, 9.17) is 9.26 Å². The average molecular weight is 471 g/mol. The second-order valence-corrected chi connectivity index (χ2v) is 13.9. The van der Waals surface area contributed by atoms with Crippen LogP contribution >= 0.6 is 0 Å². The lowest BCUT2D eigenvalue weighted by molar-refractivity contribution is -0.120. The van der Waals surface area contributed by atoms with E-state index < -0.39 is 25.6 Å². The van der Waals surface area contributed by atoms with Gasteiger partial charge in [0.2, 0.25) is 5.76 Å². The molecule has 0 aliphatic heterocycles. The summed E-state index contributed by atoms with van der Waals surface area (Å²) in [6.45, 7) is 6.56. The first-order valence-electron chi connectivity index (χ1n) is 10.5. The Morgan fingerprint density at radius 2 is 1.76 bits per heavy atom. The average Bonchev–Trinajstić information content (AvgIpc) is 3.18. The molecule has 0 saturated carbocycles. The molecule has 2 N–H and O–H groups in total. The quantitative estimate of drug-likeness (QED) is 0.468. The van der Waals surface area contributed by atoms with Crippen molar-refractivity contribution in [2.75, 3.05) is 7.11 Å². The number of Topliss-reactive ketones (excluding diaryl/α,β-unsaturated/α-hetero) is 1. The molecule has 0 saturated heterocycles. The number of rotatable bonds is 9. The zero-order chi connectivity index (χ0) is 24.2. The van der Waals surface area contributed by atoms with Crippen molar-refractivity contribution in [1.82, 2.24) is 10.5 Å². The van der Waals surface area contributed by atoms with Crippen LogP contribution in [0.2, 0.25) is 19.6 Å². The zero-order valence-corrected chi connectivity index (χ0v) is 20.0. The van der Waals surface area contributed by atoms with Crippen LogP contribution in [0.1, 0.15) is 33.3 Å². The molecule has 0 spiro atoms. The first-order valence-corrected chi connectivity index (χ1v) is 14.0. The summed E-state index contributed by atoms with van der Waals surface area (Å²) >= 11 is 0. The number of aromatic nitrogens is 1. The number of methoxy groups -OCH3 is 1. The molecule has 2 aromatic carbocycles. The minimum Gasteiger partial charge on any atom is -0.380 e. The number of H-pyrrole nitrogens is 1. The van der Waals surface area contributed by atoms with Crippen LogP contribution in [0.5, 0.6) is 0 Å². The van der Waals surface area contributed by atoms with Crippen molar-refractivity contribution in [3.8, 4) is 0 Å². The number of ketones is 1. The maximum atomic E-state index is 14.7. The predicted molar refractivity (Wildman–Crippen MR) is 125 cm³/mol. The van der Waals surface area contributed by atoms with Gasteiger partial charge in [0.15, 0.2) is 5.78 Å². The molecule has 7 nitrogen and oxygen atoms in total. The van der Waals surface area contributed by atoms with Crippen molar-refractivity contribution in [3.63, 3.8) is 0 Å². The molecule has 33 heavy (non-hydrogen) atoms. The molecule has 0 aliphatic carbocycles. The number of hydrogen-bond donors (Lipinski definition) is 2. The van der Waals surface area contributed by atoms with Gasteiger partial charge in [-0.1, -0.05) is 56.0 Å². The number of amides is 1. The van der Waals surface area contributed by atoms with Gasteiger partial charge in [-0.05, 0) is 27.9 Å².